The van der Waals surface area contributed by atoms with Gasteiger partial charge in [0.1, 0.15) is 11.6 Å². The Kier molecular flexibility index (Phi) is 6.25. The monoisotopic (exact) mass is 359 g/mol. The van der Waals surface area contributed by atoms with E-state index in [0.29, 0.717) is 22.3 Å². The Bertz CT molecular complexity index is 808. The predicted molar refractivity (Wildman–Crippen MR) is 96.8 cm³/mol. The van der Waals surface area contributed by atoms with E-state index in [9.17, 15) is 4.79 Å². The van der Waals surface area contributed by atoms with Crippen molar-refractivity contribution in [2.75, 3.05) is 5.32 Å². The van der Waals surface area contributed by atoms with Gasteiger partial charge in [0.25, 0.3) is 5.91 Å². The van der Waals surface area contributed by atoms with E-state index in [1.54, 1.807) is 37.3 Å². The van der Waals surface area contributed by atoms with Gasteiger partial charge in [-0.15, -0.1) is 0 Å². The number of nitriles is 1. The van der Waals surface area contributed by atoms with Gasteiger partial charge >= 0.3 is 0 Å². The molecule has 0 atom stereocenters. The van der Waals surface area contributed by atoms with Gasteiger partial charge in [-0.25, -0.2) is 0 Å². The van der Waals surface area contributed by atoms with Crippen LogP contribution in [0.15, 0.2) is 54.2 Å². The third-order valence-electron chi connectivity index (χ3n) is 3.35. The van der Waals surface area contributed by atoms with Gasteiger partial charge in [-0.05, 0) is 42.3 Å². The molecule has 2 N–H and O–H groups in total. The fraction of sp³-hybridized carbons (Fsp3) is 0.111. The Morgan fingerprint density at radius 2 is 1.92 bits per heavy atom. The molecule has 0 aliphatic rings. The van der Waals surface area contributed by atoms with Crippen molar-refractivity contribution in [2.45, 2.75) is 13.5 Å². The number of carbonyl (C=O) groups excluding carboxylic acids is 1. The number of nitrogens with zero attached hydrogens (tertiary/aromatic N) is 1. The standard InChI is InChI=1S/C18H15Cl2N3O/c1-12-16(20)3-2-4-17(12)23-18(24)14(9-21)11-22-10-13-5-7-15(19)8-6-13/h2-8,11,22H,10H2,1H3,(H,23,24)/b14-11-. The summed E-state index contributed by atoms with van der Waals surface area (Å²) in [5, 5.41) is 16.0. The molecular weight excluding hydrogens is 345 g/mol. The molecule has 0 spiro atoms. The van der Waals surface area contributed by atoms with Crippen molar-refractivity contribution in [1.82, 2.24) is 5.32 Å². The minimum Gasteiger partial charge on any atom is -0.386 e. The number of amides is 1. The number of hydrogen-bond donors (Lipinski definition) is 2. The number of anilines is 1. The molecule has 24 heavy (non-hydrogen) atoms. The van der Waals surface area contributed by atoms with E-state index in [-0.39, 0.29) is 5.57 Å². The first-order valence-electron chi connectivity index (χ1n) is 7.16. The van der Waals surface area contributed by atoms with Gasteiger partial charge in [0.15, 0.2) is 0 Å². The molecule has 0 bridgehead atoms. The first kappa shape index (κ1) is 17.9. The van der Waals surface area contributed by atoms with Gasteiger partial charge in [-0.2, -0.15) is 5.26 Å². The van der Waals surface area contributed by atoms with Crippen molar-refractivity contribution in [2.24, 2.45) is 0 Å². The summed E-state index contributed by atoms with van der Waals surface area (Å²) in [4.78, 5) is 12.2. The summed E-state index contributed by atoms with van der Waals surface area (Å²) < 4.78 is 0. The third-order valence-corrected chi connectivity index (χ3v) is 4.01. The molecule has 2 rings (SSSR count). The van der Waals surface area contributed by atoms with E-state index < -0.39 is 5.91 Å². The zero-order chi connectivity index (χ0) is 17.5. The highest BCUT2D eigenvalue weighted by atomic mass is 35.5. The smallest absolute Gasteiger partial charge is 0.267 e. The topological polar surface area (TPSA) is 64.9 Å². The molecule has 122 valence electrons. The van der Waals surface area contributed by atoms with Crippen LogP contribution in [-0.4, -0.2) is 5.91 Å². The second-order valence-electron chi connectivity index (χ2n) is 5.04. The lowest BCUT2D eigenvalue weighted by molar-refractivity contribution is -0.112. The van der Waals surface area contributed by atoms with Crippen molar-refractivity contribution in [3.05, 3.63) is 75.4 Å². The Morgan fingerprint density at radius 3 is 2.58 bits per heavy atom. The second kappa shape index (κ2) is 8.39. The molecule has 1 amide bonds. The van der Waals surface area contributed by atoms with Crippen LogP contribution >= 0.6 is 23.2 Å². The maximum atomic E-state index is 12.2. The molecule has 4 nitrogen and oxygen atoms in total. The van der Waals surface area contributed by atoms with Crippen molar-refractivity contribution in [3.8, 4) is 6.07 Å². The average Bonchev–Trinajstić information content (AvgIpc) is 2.57. The number of benzene rings is 2. The van der Waals surface area contributed by atoms with Crippen LogP contribution < -0.4 is 10.6 Å². The van der Waals surface area contributed by atoms with Gasteiger partial charge in [0.2, 0.25) is 0 Å². The maximum absolute atomic E-state index is 12.2. The highest BCUT2D eigenvalue weighted by Crippen LogP contribution is 2.23. The van der Waals surface area contributed by atoms with Crippen LogP contribution in [0.4, 0.5) is 5.69 Å². The van der Waals surface area contributed by atoms with E-state index >= 15 is 0 Å². The molecule has 6 heteroatoms. The summed E-state index contributed by atoms with van der Waals surface area (Å²) in [7, 11) is 0. The lowest BCUT2D eigenvalue weighted by Gasteiger charge is -2.09. The van der Waals surface area contributed by atoms with E-state index in [1.165, 1.54) is 6.20 Å². The minimum atomic E-state index is -0.494. The maximum Gasteiger partial charge on any atom is 0.267 e. The summed E-state index contributed by atoms with van der Waals surface area (Å²) >= 11 is 11.8. The van der Waals surface area contributed by atoms with Crippen LogP contribution in [0.5, 0.6) is 0 Å². The normalized spacial score (nSPS) is 10.8. The summed E-state index contributed by atoms with van der Waals surface area (Å²) in [6.45, 7) is 2.28. The number of halogens is 2. The molecule has 0 heterocycles. The summed E-state index contributed by atoms with van der Waals surface area (Å²) in [5.41, 5.74) is 2.28. The molecule has 0 unspecified atom stereocenters. The van der Waals surface area contributed by atoms with E-state index in [2.05, 4.69) is 10.6 Å². The van der Waals surface area contributed by atoms with Crippen LogP contribution in [0, 0.1) is 18.3 Å². The second-order valence-corrected chi connectivity index (χ2v) is 5.89. The van der Waals surface area contributed by atoms with Crippen LogP contribution in [0.25, 0.3) is 0 Å². The number of hydrogen-bond acceptors (Lipinski definition) is 3. The minimum absolute atomic E-state index is 0.0247. The highest BCUT2D eigenvalue weighted by molar-refractivity contribution is 6.32. The van der Waals surface area contributed by atoms with Crippen LogP contribution in [0.3, 0.4) is 0 Å². The summed E-state index contributed by atoms with van der Waals surface area (Å²) in [6.07, 6.45) is 1.39. The summed E-state index contributed by atoms with van der Waals surface area (Å²) in [6, 6.07) is 14.4. The molecule has 0 fully saturated rings. The van der Waals surface area contributed by atoms with Crippen LogP contribution in [0.2, 0.25) is 10.0 Å². The number of carbonyl (C=O) groups is 1. The Labute approximate surface area is 150 Å². The zero-order valence-electron chi connectivity index (χ0n) is 12.9. The van der Waals surface area contributed by atoms with Gasteiger partial charge in [-0.1, -0.05) is 41.4 Å². The van der Waals surface area contributed by atoms with E-state index in [0.717, 1.165) is 11.1 Å². The summed E-state index contributed by atoms with van der Waals surface area (Å²) in [5.74, 6) is -0.494. The van der Waals surface area contributed by atoms with Crippen molar-refractivity contribution in [1.29, 1.82) is 5.26 Å². The number of rotatable bonds is 5. The molecule has 0 aliphatic carbocycles. The van der Waals surface area contributed by atoms with E-state index in [1.807, 2.05) is 18.2 Å². The van der Waals surface area contributed by atoms with Crippen LogP contribution in [-0.2, 0) is 11.3 Å². The third kappa shape index (κ3) is 4.76. The molecule has 0 saturated heterocycles. The van der Waals surface area contributed by atoms with Crippen LogP contribution in [0.1, 0.15) is 11.1 Å². The Balaban J connectivity index is 2.01. The number of nitrogens with one attached hydrogen (secondary N) is 2. The van der Waals surface area contributed by atoms with Crippen molar-refractivity contribution in [3.63, 3.8) is 0 Å². The van der Waals surface area contributed by atoms with Gasteiger partial charge in [-0.3, -0.25) is 4.79 Å². The van der Waals surface area contributed by atoms with Crippen molar-refractivity contribution >= 4 is 34.8 Å². The molecule has 0 aromatic heterocycles. The fourth-order valence-corrected chi connectivity index (χ4v) is 2.25. The molecule has 0 aliphatic heterocycles. The van der Waals surface area contributed by atoms with Gasteiger partial charge < -0.3 is 10.6 Å². The molecular formula is C18H15Cl2N3O. The zero-order valence-corrected chi connectivity index (χ0v) is 14.4. The molecule has 2 aromatic carbocycles. The first-order valence-corrected chi connectivity index (χ1v) is 7.91. The lowest BCUT2D eigenvalue weighted by atomic mass is 10.2. The largest absolute Gasteiger partial charge is 0.386 e. The quantitative estimate of drug-likeness (QED) is 0.612. The molecule has 0 saturated carbocycles. The average molecular weight is 360 g/mol. The fourth-order valence-electron chi connectivity index (χ4n) is 1.95. The van der Waals surface area contributed by atoms with Crippen molar-refractivity contribution < 1.29 is 4.79 Å². The van der Waals surface area contributed by atoms with E-state index in [4.69, 9.17) is 28.5 Å². The Morgan fingerprint density at radius 1 is 1.21 bits per heavy atom. The van der Waals surface area contributed by atoms with Gasteiger partial charge in [0.05, 0.1) is 0 Å². The highest BCUT2D eigenvalue weighted by Gasteiger charge is 2.11. The Hall–Kier alpha value is -2.48. The van der Waals surface area contributed by atoms with Gasteiger partial charge in [0, 0.05) is 28.5 Å². The SMILES string of the molecule is Cc1c(Cl)cccc1NC(=O)/C(C#N)=C\NCc1ccc(Cl)cc1. The first-order chi connectivity index (χ1) is 11.5. The predicted octanol–water partition coefficient (Wildman–Crippen LogP) is 4.44. The molecule has 0 radical (unpaired) electrons. The molecule has 2 aromatic rings. The lowest BCUT2D eigenvalue weighted by Crippen LogP contribution is -2.17.